The number of alkyl halides is 3. The molecule has 0 unspecified atom stereocenters. The molecule has 0 saturated heterocycles. The molecule has 0 atom stereocenters. The van der Waals surface area contributed by atoms with Crippen molar-refractivity contribution in [2.45, 2.75) is 13.1 Å². The molecule has 1 heterocycles. The minimum absolute atomic E-state index is 0.0221. The van der Waals surface area contributed by atoms with Crippen molar-refractivity contribution in [2.24, 2.45) is 0 Å². The second-order valence-corrected chi connectivity index (χ2v) is 5.85. The van der Waals surface area contributed by atoms with E-state index in [1.165, 1.54) is 0 Å². The predicted molar refractivity (Wildman–Crippen MR) is 97.3 cm³/mol. The number of nitrogens with zero attached hydrogens (tertiary/aromatic N) is 1. The average molecular weight is 404 g/mol. The lowest BCUT2D eigenvalue weighted by Crippen LogP contribution is -2.13. The molecule has 150 valence electrons. The third-order valence-electron chi connectivity index (χ3n) is 3.92. The average Bonchev–Trinajstić information content (AvgIpc) is 3.12. The molecule has 1 amide bonds. The summed E-state index contributed by atoms with van der Waals surface area (Å²) in [4.78, 5) is 24.6. The third kappa shape index (κ3) is 4.45. The van der Waals surface area contributed by atoms with Crippen molar-refractivity contribution in [1.82, 2.24) is 5.16 Å². The van der Waals surface area contributed by atoms with Gasteiger partial charge in [0.2, 0.25) is 11.6 Å². The number of anilines is 1. The fourth-order valence-electron chi connectivity index (χ4n) is 2.57. The molecule has 2 aromatic carbocycles. The molecule has 1 aromatic heterocycles. The van der Waals surface area contributed by atoms with Crippen molar-refractivity contribution in [3.63, 3.8) is 0 Å². The van der Waals surface area contributed by atoms with Crippen molar-refractivity contribution < 1.29 is 32.0 Å². The van der Waals surface area contributed by atoms with Gasteiger partial charge >= 0.3 is 12.1 Å². The Bertz CT molecular complexity index is 1010. The van der Waals surface area contributed by atoms with Gasteiger partial charge in [0.1, 0.15) is 0 Å². The van der Waals surface area contributed by atoms with Crippen LogP contribution in [0.2, 0.25) is 0 Å². The van der Waals surface area contributed by atoms with E-state index in [2.05, 4.69) is 10.5 Å². The van der Waals surface area contributed by atoms with Crippen LogP contribution in [0.15, 0.2) is 59.1 Å². The summed E-state index contributed by atoms with van der Waals surface area (Å²) in [6.45, 7) is 1.75. The molecular weight excluding hydrogens is 389 g/mol. The molecule has 29 heavy (non-hydrogen) atoms. The van der Waals surface area contributed by atoms with Crippen LogP contribution in [-0.4, -0.2) is 23.6 Å². The highest BCUT2D eigenvalue weighted by atomic mass is 19.4. The van der Waals surface area contributed by atoms with Crippen LogP contribution in [0.5, 0.6) is 0 Å². The number of benzene rings is 2. The number of halogens is 3. The maximum atomic E-state index is 12.7. The highest BCUT2D eigenvalue weighted by Crippen LogP contribution is 2.33. The second-order valence-electron chi connectivity index (χ2n) is 5.85. The maximum Gasteiger partial charge on any atom is 0.416 e. The first-order chi connectivity index (χ1) is 13.8. The molecule has 0 aliphatic rings. The molecule has 3 aromatic rings. The molecular formula is C20H15F3N2O4. The molecule has 1 N–H and O–H groups in total. The fraction of sp³-hybridized carbons (Fsp3) is 0.150. The van der Waals surface area contributed by atoms with E-state index in [9.17, 15) is 22.8 Å². The molecule has 9 heteroatoms. The summed E-state index contributed by atoms with van der Waals surface area (Å²) in [6, 6.07) is 12.3. The number of carbonyl (C=O) groups excluding carboxylic acids is 2. The van der Waals surface area contributed by atoms with Crippen molar-refractivity contribution in [1.29, 1.82) is 0 Å². The normalized spacial score (nSPS) is 11.2. The first-order valence-corrected chi connectivity index (χ1v) is 8.52. The monoisotopic (exact) mass is 404 g/mol. The van der Waals surface area contributed by atoms with E-state index in [4.69, 9.17) is 9.26 Å². The zero-order valence-corrected chi connectivity index (χ0v) is 15.1. The topological polar surface area (TPSA) is 81.4 Å². The van der Waals surface area contributed by atoms with E-state index in [1.807, 2.05) is 0 Å². The largest absolute Gasteiger partial charge is 0.461 e. The molecule has 0 fully saturated rings. The summed E-state index contributed by atoms with van der Waals surface area (Å²) >= 11 is 0. The van der Waals surface area contributed by atoms with E-state index < -0.39 is 23.6 Å². The summed E-state index contributed by atoms with van der Waals surface area (Å²) in [7, 11) is 0. The Morgan fingerprint density at radius 1 is 1.07 bits per heavy atom. The highest BCUT2D eigenvalue weighted by Gasteiger charge is 2.30. The number of carbonyl (C=O) groups is 2. The van der Waals surface area contributed by atoms with E-state index in [0.717, 1.165) is 24.3 Å². The van der Waals surface area contributed by atoms with E-state index in [-0.39, 0.29) is 29.3 Å². The Morgan fingerprint density at radius 2 is 1.72 bits per heavy atom. The number of rotatable bonds is 5. The first-order valence-electron chi connectivity index (χ1n) is 8.52. The third-order valence-corrected chi connectivity index (χ3v) is 3.92. The first kappa shape index (κ1) is 20.1. The lowest BCUT2D eigenvalue weighted by molar-refractivity contribution is -0.137. The Kier molecular flexibility index (Phi) is 5.67. The van der Waals surface area contributed by atoms with Gasteiger partial charge in [0, 0.05) is 5.56 Å². The molecule has 0 saturated carbocycles. The Labute approximate surface area is 163 Å². The standard InChI is InChI=1S/C20H15F3N2O4/c1-2-28-19(27)16-15(12-6-4-3-5-7-12)18(29-25-16)24-17(26)13-8-10-14(11-9-13)20(21,22)23/h3-11H,2H2,1H3,(H,24,26). The Balaban J connectivity index is 1.93. The van der Waals surface area contributed by atoms with Crippen LogP contribution in [0.3, 0.4) is 0 Å². The van der Waals surface area contributed by atoms with Gasteiger partial charge in [-0.05, 0) is 36.8 Å². The van der Waals surface area contributed by atoms with Gasteiger partial charge in [0.15, 0.2) is 0 Å². The number of aromatic nitrogens is 1. The van der Waals surface area contributed by atoms with Gasteiger partial charge in [-0.25, -0.2) is 4.79 Å². The predicted octanol–water partition coefficient (Wildman–Crippen LogP) is 4.79. The van der Waals surface area contributed by atoms with Crippen molar-refractivity contribution >= 4 is 17.8 Å². The van der Waals surface area contributed by atoms with Crippen LogP contribution in [0.4, 0.5) is 19.1 Å². The van der Waals surface area contributed by atoms with Gasteiger partial charge in [-0.3, -0.25) is 10.1 Å². The number of amides is 1. The van der Waals surface area contributed by atoms with Gasteiger partial charge in [0.05, 0.1) is 17.7 Å². The SMILES string of the molecule is CCOC(=O)c1noc(NC(=O)c2ccc(C(F)(F)F)cc2)c1-c1ccccc1. The molecule has 3 rings (SSSR count). The van der Waals surface area contributed by atoms with E-state index in [1.54, 1.807) is 37.3 Å². The Morgan fingerprint density at radius 3 is 2.31 bits per heavy atom. The van der Waals surface area contributed by atoms with Gasteiger partial charge < -0.3 is 9.26 Å². The van der Waals surface area contributed by atoms with Gasteiger partial charge in [-0.2, -0.15) is 13.2 Å². The zero-order chi connectivity index (χ0) is 21.0. The molecule has 0 bridgehead atoms. The second kappa shape index (κ2) is 8.17. The summed E-state index contributed by atoms with van der Waals surface area (Å²) < 4.78 is 48.1. The van der Waals surface area contributed by atoms with Crippen LogP contribution in [0, 0.1) is 0 Å². The number of hydrogen-bond acceptors (Lipinski definition) is 5. The molecule has 0 aliphatic heterocycles. The fourth-order valence-corrected chi connectivity index (χ4v) is 2.57. The minimum Gasteiger partial charge on any atom is -0.461 e. The number of esters is 1. The lowest BCUT2D eigenvalue weighted by atomic mass is 10.1. The van der Waals surface area contributed by atoms with Crippen LogP contribution < -0.4 is 5.32 Å². The quantitative estimate of drug-likeness (QED) is 0.619. The zero-order valence-electron chi connectivity index (χ0n) is 15.1. The maximum absolute atomic E-state index is 12.7. The van der Waals surface area contributed by atoms with Crippen molar-refractivity contribution in [2.75, 3.05) is 11.9 Å². The molecule has 0 aliphatic carbocycles. The number of hydrogen-bond donors (Lipinski definition) is 1. The van der Waals surface area contributed by atoms with Gasteiger partial charge in [-0.15, -0.1) is 0 Å². The van der Waals surface area contributed by atoms with Crippen LogP contribution in [-0.2, 0) is 10.9 Å². The Hall–Kier alpha value is -3.62. The number of nitrogens with one attached hydrogen (secondary N) is 1. The van der Waals surface area contributed by atoms with Crippen LogP contribution in [0.25, 0.3) is 11.1 Å². The van der Waals surface area contributed by atoms with E-state index in [0.29, 0.717) is 5.56 Å². The molecule has 6 nitrogen and oxygen atoms in total. The van der Waals surface area contributed by atoms with Crippen molar-refractivity contribution in [3.05, 3.63) is 71.4 Å². The summed E-state index contributed by atoms with van der Waals surface area (Å²) in [5, 5.41) is 6.13. The minimum atomic E-state index is -4.51. The van der Waals surface area contributed by atoms with Crippen LogP contribution in [0.1, 0.15) is 33.3 Å². The van der Waals surface area contributed by atoms with Crippen molar-refractivity contribution in [3.8, 4) is 11.1 Å². The molecule has 0 radical (unpaired) electrons. The van der Waals surface area contributed by atoms with Gasteiger partial charge in [-0.1, -0.05) is 35.5 Å². The molecule has 0 spiro atoms. The summed E-state index contributed by atoms with van der Waals surface area (Å²) in [5.41, 5.74) is -0.265. The summed E-state index contributed by atoms with van der Waals surface area (Å²) in [6.07, 6.45) is -4.51. The van der Waals surface area contributed by atoms with Gasteiger partial charge in [0.25, 0.3) is 5.91 Å². The number of ether oxygens (including phenoxy) is 1. The lowest BCUT2D eigenvalue weighted by Gasteiger charge is -2.08. The smallest absolute Gasteiger partial charge is 0.416 e. The van der Waals surface area contributed by atoms with Crippen LogP contribution >= 0.6 is 0 Å². The summed E-state index contributed by atoms with van der Waals surface area (Å²) in [5.74, 6) is -1.57. The van der Waals surface area contributed by atoms with E-state index >= 15 is 0 Å². The highest BCUT2D eigenvalue weighted by molar-refractivity contribution is 6.07.